The number of halogens is 1. The number of hydrogen-bond donors (Lipinski definition) is 1. The molecule has 0 bridgehead atoms. The Balaban J connectivity index is 1.54. The van der Waals surface area contributed by atoms with E-state index in [0.717, 1.165) is 51.3 Å². The molecule has 1 heterocycles. The fourth-order valence-corrected chi connectivity index (χ4v) is 2.09. The molecule has 2 rings (SSSR count). The zero-order valence-corrected chi connectivity index (χ0v) is 10.7. The van der Waals surface area contributed by atoms with Gasteiger partial charge in [-0.2, -0.15) is 0 Å². The highest BCUT2D eigenvalue weighted by Crippen LogP contribution is 2.11. The summed E-state index contributed by atoms with van der Waals surface area (Å²) in [4.78, 5) is 2.48. The largest absolute Gasteiger partial charge is 0.494 e. The monoisotopic (exact) mass is 252 g/mol. The minimum absolute atomic E-state index is 0.221. The fourth-order valence-electron chi connectivity index (χ4n) is 2.09. The van der Waals surface area contributed by atoms with Crippen LogP contribution in [0.1, 0.15) is 12.8 Å². The van der Waals surface area contributed by atoms with Crippen LogP contribution < -0.4 is 10.1 Å². The van der Waals surface area contributed by atoms with E-state index in [1.54, 1.807) is 12.1 Å². The smallest absolute Gasteiger partial charge is 0.123 e. The normalized spacial score (nSPS) is 16.7. The van der Waals surface area contributed by atoms with Crippen molar-refractivity contribution in [3.8, 4) is 5.75 Å². The van der Waals surface area contributed by atoms with E-state index in [2.05, 4.69) is 10.2 Å². The molecule has 1 aromatic carbocycles. The topological polar surface area (TPSA) is 24.5 Å². The van der Waals surface area contributed by atoms with Crippen LogP contribution in [0.25, 0.3) is 0 Å². The number of nitrogens with one attached hydrogen (secondary N) is 1. The minimum atomic E-state index is -0.221. The Kier molecular flexibility index (Phi) is 5.42. The maximum atomic E-state index is 12.7. The predicted molar refractivity (Wildman–Crippen MR) is 70.4 cm³/mol. The van der Waals surface area contributed by atoms with Crippen LogP contribution in [-0.4, -0.2) is 44.2 Å². The third-order valence-electron chi connectivity index (χ3n) is 3.16. The van der Waals surface area contributed by atoms with Gasteiger partial charge < -0.3 is 15.0 Å². The molecule has 0 aliphatic carbocycles. The van der Waals surface area contributed by atoms with Crippen LogP contribution in [0, 0.1) is 5.82 Å². The van der Waals surface area contributed by atoms with E-state index >= 15 is 0 Å². The fraction of sp³-hybridized carbons (Fsp3) is 0.571. The average molecular weight is 252 g/mol. The van der Waals surface area contributed by atoms with E-state index in [0.29, 0.717) is 6.61 Å². The average Bonchev–Trinajstić information content (AvgIpc) is 2.42. The molecule has 1 fully saturated rings. The lowest BCUT2D eigenvalue weighted by Gasteiger charge is -2.26. The number of rotatable bonds is 6. The van der Waals surface area contributed by atoms with Crippen molar-refractivity contribution < 1.29 is 9.13 Å². The van der Waals surface area contributed by atoms with Gasteiger partial charge in [-0.3, -0.25) is 0 Å². The molecule has 0 spiro atoms. The molecule has 18 heavy (non-hydrogen) atoms. The van der Waals surface area contributed by atoms with Gasteiger partial charge in [0.15, 0.2) is 0 Å². The van der Waals surface area contributed by atoms with Gasteiger partial charge >= 0.3 is 0 Å². The van der Waals surface area contributed by atoms with Crippen LogP contribution >= 0.6 is 0 Å². The van der Waals surface area contributed by atoms with Gasteiger partial charge in [-0.15, -0.1) is 0 Å². The number of benzene rings is 1. The Hall–Kier alpha value is -1.13. The molecule has 1 aliphatic heterocycles. The highest BCUT2D eigenvalue weighted by atomic mass is 19.1. The zero-order chi connectivity index (χ0) is 12.6. The van der Waals surface area contributed by atoms with Crippen LogP contribution in [0.2, 0.25) is 0 Å². The number of nitrogens with zero attached hydrogens (tertiary/aromatic N) is 1. The maximum Gasteiger partial charge on any atom is 0.123 e. The van der Waals surface area contributed by atoms with Crippen LogP contribution in [0.15, 0.2) is 24.3 Å². The van der Waals surface area contributed by atoms with Gasteiger partial charge in [-0.05, 0) is 43.7 Å². The van der Waals surface area contributed by atoms with Gasteiger partial charge in [0, 0.05) is 26.2 Å². The SMILES string of the molecule is Fc1ccc(OCCCCN2CCNCC2)cc1. The number of ether oxygens (including phenoxy) is 1. The summed E-state index contributed by atoms with van der Waals surface area (Å²) in [5.74, 6) is 0.527. The maximum absolute atomic E-state index is 12.7. The standard InChI is InChI=1S/C14H21FN2O/c15-13-3-5-14(6-4-13)18-12-2-1-9-17-10-7-16-8-11-17/h3-6,16H,1-2,7-12H2. The lowest BCUT2D eigenvalue weighted by atomic mass is 10.2. The highest BCUT2D eigenvalue weighted by molar-refractivity contribution is 5.21. The number of piperazine rings is 1. The van der Waals surface area contributed by atoms with E-state index in [-0.39, 0.29) is 5.82 Å². The van der Waals surface area contributed by atoms with Gasteiger partial charge in [0.1, 0.15) is 11.6 Å². The van der Waals surface area contributed by atoms with Gasteiger partial charge in [-0.25, -0.2) is 4.39 Å². The molecule has 1 N–H and O–H groups in total. The molecule has 4 heteroatoms. The first-order valence-electron chi connectivity index (χ1n) is 6.66. The lowest BCUT2D eigenvalue weighted by Crippen LogP contribution is -2.43. The quantitative estimate of drug-likeness (QED) is 0.783. The third-order valence-corrected chi connectivity index (χ3v) is 3.16. The second-order valence-corrected chi connectivity index (χ2v) is 4.60. The van der Waals surface area contributed by atoms with E-state index in [4.69, 9.17) is 4.74 Å². The van der Waals surface area contributed by atoms with Crippen molar-refractivity contribution in [2.75, 3.05) is 39.3 Å². The van der Waals surface area contributed by atoms with E-state index in [9.17, 15) is 4.39 Å². The molecule has 1 aliphatic rings. The van der Waals surface area contributed by atoms with Crippen molar-refractivity contribution in [3.63, 3.8) is 0 Å². The second kappa shape index (κ2) is 7.34. The summed E-state index contributed by atoms with van der Waals surface area (Å²) in [6.07, 6.45) is 2.20. The summed E-state index contributed by atoms with van der Waals surface area (Å²) in [5.41, 5.74) is 0. The second-order valence-electron chi connectivity index (χ2n) is 4.60. The molecule has 1 saturated heterocycles. The number of hydrogen-bond acceptors (Lipinski definition) is 3. The Bertz CT molecular complexity index is 336. The summed E-state index contributed by atoms with van der Waals surface area (Å²) in [7, 11) is 0. The van der Waals surface area contributed by atoms with Gasteiger partial charge in [0.25, 0.3) is 0 Å². The first-order valence-corrected chi connectivity index (χ1v) is 6.66. The molecule has 0 amide bonds. The van der Waals surface area contributed by atoms with Crippen LogP contribution in [-0.2, 0) is 0 Å². The van der Waals surface area contributed by atoms with E-state index in [1.165, 1.54) is 12.1 Å². The summed E-state index contributed by atoms with van der Waals surface area (Å²) in [5, 5.41) is 3.35. The Morgan fingerprint density at radius 3 is 2.56 bits per heavy atom. The highest BCUT2D eigenvalue weighted by Gasteiger charge is 2.08. The third kappa shape index (κ3) is 4.63. The first kappa shape index (κ1) is 13.3. The molecular weight excluding hydrogens is 231 g/mol. The van der Waals surface area contributed by atoms with E-state index < -0.39 is 0 Å². The summed E-state index contributed by atoms with van der Waals surface area (Å²) in [6, 6.07) is 6.20. The molecule has 0 radical (unpaired) electrons. The van der Waals surface area contributed by atoms with Crippen molar-refractivity contribution in [3.05, 3.63) is 30.1 Å². The molecule has 0 unspecified atom stereocenters. The molecule has 1 aromatic rings. The molecule has 0 aromatic heterocycles. The molecule has 3 nitrogen and oxygen atoms in total. The lowest BCUT2D eigenvalue weighted by molar-refractivity contribution is 0.226. The summed E-state index contributed by atoms with van der Waals surface area (Å²) >= 11 is 0. The van der Waals surface area contributed by atoms with Crippen LogP contribution in [0.4, 0.5) is 4.39 Å². The Morgan fingerprint density at radius 1 is 1.11 bits per heavy atom. The van der Waals surface area contributed by atoms with Crippen LogP contribution in [0.5, 0.6) is 5.75 Å². The molecule has 0 saturated carbocycles. The van der Waals surface area contributed by atoms with Crippen LogP contribution in [0.3, 0.4) is 0 Å². The van der Waals surface area contributed by atoms with Crippen molar-refractivity contribution in [2.45, 2.75) is 12.8 Å². The minimum Gasteiger partial charge on any atom is -0.494 e. The molecular formula is C14H21FN2O. The van der Waals surface area contributed by atoms with Gasteiger partial charge in [0.05, 0.1) is 6.61 Å². The first-order chi connectivity index (χ1) is 8.84. The van der Waals surface area contributed by atoms with Gasteiger partial charge in [-0.1, -0.05) is 0 Å². The van der Waals surface area contributed by atoms with Crippen molar-refractivity contribution in [1.82, 2.24) is 10.2 Å². The van der Waals surface area contributed by atoms with E-state index in [1.807, 2.05) is 0 Å². The Labute approximate surface area is 108 Å². The number of unbranched alkanes of at least 4 members (excludes halogenated alkanes) is 1. The van der Waals surface area contributed by atoms with Gasteiger partial charge in [0.2, 0.25) is 0 Å². The zero-order valence-electron chi connectivity index (χ0n) is 10.7. The molecule has 100 valence electrons. The summed E-state index contributed by atoms with van der Waals surface area (Å²) in [6.45, 7) is 6.36. The Morgan fingerprint density at radius 2 is 1.83 bits per heavy atom. The van der Waals surface area contributed by atoms with Crippen molar-refractivity contribution in [1.29, 1.82) is 0 Å². The van der Waals surface area contributed by atoms with Crippen molar-refractivity contribution in [2.24, 2.45) is 0 Å². The summed E-state index contributed by atoms with van der Waals surface area (Å²) < 4.78 is 18.2. The molecule has 0 atom stereocenters. The predicted octanol–water partition coefficient (Wildman–Crippen LogP) is 1.89. The van der Waals surface area contributed by atoms with Crippen molar-refractivity contribution >= 4 is 0 Å².